The van der Waals surface area contributed by atoms with Crippen LogP contribution in [0, 0.1) is 5.92 Å². The Kier molecular flexibility index (Phi) is 3.41. The van der Waals surface area contributed by atoms with Gasteiger partial charge >= 0.3 is 0 Å². The second kappa shape index (κ2) is 4.65. The first-order chi connectivity index (χ1) is 7.58. The zero-order valence-electron chi connectivity index (χ0n) is 8.98. The smallest absolute Gasteiger partial charge is 0.244 e. The van der Waals surface area contributed by atoms with Crippen molar-refractivity contribution in [2.45, 2.75) is 19.9 Å². The van der Waals surface area contributed by atoms with E-state index in [2.05, 4.69) is 26.1 Å². The fraction of sp³-hybridized carbons (Fsp3) is 0.400. The summed E-state index contributed by atoms with van der Waals surface area (Å²) in [4.78, 5) is 5.27. The van der Waals surface area contributed by atoms with Gasteiger partial charge in [0.1, 0.15) is 0 Å². The van der Waals surface area contributed by atoms with Gasteiger partial charge in [0.2, 0.25) is 11.7 Å². The summed E-state index contributed by atoms with van der Waals surface area (Å²) in [5.41, 5.74) is 5.93. The third kappa shape index (κ3) is 2.34. The number of nitrogens with zero attached hydrogens (tertiary/aromatic N) is 2. The van der Waals surface area contributed by atoms with Gasteiger partial charge in [-0.1, -0.05) is 19.0 Å². The molecule has 0 aliphatic heterocycles. The maximum absolute atomic E-state index is 5.93. The van der Waals surface area contributed by atoms with Gasteiger partial charge < -0.3 is 10.3 Å². The highest BCUT2D eigenvalue weighted by atomic mass is 79.9. The van der Waals surface area contributed by atoms with E-state index in [1.54, 1.807) is 11.3 Å². The quantitative estimate of drug-likeness (QED) is 0.945. The van der Waals surface area contributed by atoms with Gasteiger partial charge in [-0.05, 0) is 27.9 Å². The summed E-state index contributed by atoms with van der Waals surface area (Å²) in [5.74, 6) is 1.37. The predicted molar refractivity (Wildman–Crippen MR) is 67.1 cm³/mol. The first-order valence-electron chi connectivity index (χ1n) is 4.91. The van der Waals surface area contributed by atoms with Crippen molar-refractivity contribution in [3.8, 4) is 10.7 Å². The number of thiophene rings is 1. The van der Waals surface area contributed by atoms with Crippen molar-refractivity contribution in [3.05, 3.63) is 21.8 Å². The molecule has 86 valence electrons. The SMILES string of the molecule is CC(C)[C@@H](N)c1nc(-c2cc(Br)cs2)no1. The van der Waals surface area contributed by atoms with Crippen molar-refractivity contribution in [2.24, 2.45) is 11.7 Å². The van der Waals surface area contributed by atoms with Gasteiger partial charge in [0, 0.05) is 9.85 Å². The maximum atomic E-state index is 5.93. The van der Waals surface area contributed by atoms with E-state index in [1.165, 1.54) is 0 Å². The third-order valence-corrected chi connectivity index (χ3v) is 3.92. The maximum Gasteiger partial charge on any atom is 0.244 e. The molecule has 4 nitrogen and oxygen atoms in total. The van der Waals surface area contributed by atoms with Gasteiger partial charge in [-0.2, -0.15) is 4.98 Å². The molecule has 2 N–H and O–H groups in total. The summed E-state index contributed by atoms with van der Waals surface area (Å²) >= 11 is 4.95. The van der Waals surface area contributed by atoms with E-state index >= 15 is 0 Å². The lowest BCUT2D eigenvalue weighted by Gasteiger charge is -2.08. The molecule has 0 fully saturated rings. The summed E-state index contributed by atoms with van der Waals surface area (Å²) in [5, 5.41) is 5.91. The van der Waals surface area contributed by atoms with Crippen LogP contribution in [0.1, 0.15) is 25.8 Å². The number of nitrogens with two attached hydrogens (primary N) is 1. The summed E-state index contributed by atoms with van der Waals surface area (Å²) in [6, 6.07) is 1.75. The molecular weight excluding hydrogens is 290 g/mol. The molecule has 0 radical (unpaired) electrons. The monoisotopic (exact) mass is 301 g/mol. The van der Waals surface area contributed by atoms with Crippen LogP contribution < -0.4 is 5.73 Å². The zero-order chi connectivity index (χ0) is 11.7. The molecule has 2 aromatic heterocycles. The lowest BCUT2D eigenvalue weighted by molar-refractivity contribution is 0.325. The normalized spacial score (nSPS) is 13.3. The molecule has 1 atom stereocenters. The van der Waals surface area contributed by atoms with Crippen molar-refractivity contribution >= 4 is 27.3 Å². The van der Waals surface area contributed by atoms with Crippen LogP contribution in [-0.2, 0) is 0 Å². The van der Waals surface area contributed by atoms with Crippen LogP contribution in [0.15, 0.2) is 20.4 Å². The highest BCUT2D eigenvalue weighted by Crippen LogP contribution is 2.28. The molecule has 0 bridgehead atoms. The fourth-order valence-corrected chi connectivity index (χ4v) is 2.54. The number of hydrogen-bond acceptors (Lipinski definition) is 5. The minimum absolute atomic E-state index is 0.204. The number of rotatable bonds is 3. The van der Waals surface area contributed by atoms with Crippen molar-refractivity contribution < 1.29 is 4.52 Å². The molecule has 2 aromatic rings. The Morgan fingerprint density at radius 1 is 1.50 bits per heavy atom. The molecule has 0 saturated heterocycles. The van der Waals surface area contributed by atoms with Gasteiger partial charge in [0.05, 0.1) is 10.9 Å². The van der Waals surface area contributed by atoms with Crippen molar-refractivity contribution in [2.75, 3.05) is 0 Å². The van der Waals surface area contributed by atoms with E-state index in [0.717, 1.165) is 9.35 Å². The van der Waals surface area contributed by atoms with Gasteiger partial charge in [0.15, 0.2) is 0 Å². The summed E-state index contributed by atoms with van der Waals surface area (Å²) in [7, 11) is 0. The van der Waals surface area contributed by atoms with E-state index in [1.807, 2.05) is 25.3 Å². The standard InChI is InChI=1S/C10H12BrN3OS/c1-5(2)8(12)10-13-9(14-15-10)7-3-6(11)4-16-7/h3-5,8H,12H2,1-2H3/t8-/m1/s1. The molecule has 0 amide bonds. The van der Waals surface area contributed by atoms with Gasteiger partial charge in [-0.25, -0.2) is 0 Å². The molecule has 0 aliphatic rings. The van der Waals surface area contributed by atoms with Crippen LogP contribution in [0.5, 0.6) is 0 Å². The number of hydrogen-bond donors (Lipinski definition) is 1. The van der Waals surface area contributed by atoms with Gasteiger partial charge in [-0.15, -0.1) is 11.3 Å². The lowest BCUT2D eigenvalue weighted by atomic mass is 10.1. The number of halogens is 1. The van der Waals surface area contributed by atoms with E-state index in [-0.39, 0.29) is 12.0 Å². The molecule has 16 heavy (non-hydrogen) atoms. The Balaban J connectivity index is 2.26. The van der Waals surface area contributed by atoms with E-state index < -0.39 is 0 Å². The lowest BCUT2D eigenvalue weighted by Crippen LogP contribution is -2.16. The molecule has 0 unspecified atom stereocenters. The first kappa shape index (κ1) is 11.8. The van der Waals surface area contributed by atoms with Crippen LogP contribution in [-0.4, -0.2) is 10.1 Å². The Labute approximate surface area is 106 Å². The Hall–Kier alpha value is -0.720. The summed E-state index contributed by atoms with van der Waals surface area (Å²) < 4.78 is 6.18. The van der Waals surface area contributed by atoms with Crippen molar-refractivity contribution in [1.29, 1.82) is 0 Å². The third-order valence-electron chi connectivity index (χ3n) is 2.23. The Bertz CT molecular complexity index is 480. The molecule has 0 aliphatic carbocycles. The molecule has 0 saturated carbocycles. The molecular formula is C10H12BrN3OS. The highest BCUT2D eigenvalue weighted by Gasteiger charge is 2.19. The topological polar surface area (TPSA) is 64.9 Å². The average Bonchev–Trinajstić information content (AvgIpc) is 2.84. The number of aromatic nitrogens is 2. The Morgan fingerprint density at radius 3 is 2.81 bits per heavy atom. The molecule has 2 rings (SSSR count). The van der Waals surface area contributed by atoms with Crippen LogP contribution in [0.4, 0.5) is 0 Å². The first-order valence-corrected chi connectivity index (χ1v) is 6.59. The highest BCUT2D eigenvalue weighted by molar-refractivity contribution is 9.10. The fourth-order valence-electron chi connectivity index (χ4n) is 1.19. The second-order valence-electron chi connectivity index (χ2n) is 3.86. The van der Waals surface area contributed by atoms with Crippen LogP contribution in [0.3, 0.4) is 0 Å². The second-order valence-corrected chi connectivity index (χ2v) is 5.68. The average molecular weight is 302 g/mol. The molecule has 0 spiro atoms. The molecule has 6 heteroatoms. The van der Waals surface area contributed by atoms with Crippen LogP contribution in [0.25, 0.3) is 10.7 Å². The van der Waals surface area contributed by atoms with E-state index in [4.69, 9.17) is 10.3 Å². The minimum atomic E-state index is -0.204. The predicted octanol–water partition coefficient (Wildman–Crippen LogP) is 3.22. The van der Waals surface area contributed by atoms with Gasteiger partial charge in [0.25, 0.3) is 0 Å². The summed E-state index contributed by atoms with van der Waals surface area (Å²) in [6.45, 7) is 4.05. The van der Waals surface area contributed by atoms with Crippen molar-refractivity contribution in [3.63, 3.8) is 0 Å². The van der Waals surface area contributed by atoms with Crippen LogP contribution in [0.2, 0.25) is 0 Å². The Morgan fingerprint density at radius 2 is 2.25 bits per heavy atom. The van der Waals surface area contributed by atoms with Gasteiger partial charge in [-0.3, -0.25) is 0 Å². The van der Waals surface area contributed by atoms with Crippen molar-refractivity contribution in [1.82, 2.24) is 10.1 Å². The molecule has 0 aromatic carbocycles. The minimum Gasteiger partial charge on any atom is -0.337 e. The van der Waals surface area contributed by atoms with E-state index in [9.17, 15) is 0 Å². The van der Waals surface area contributed by atoms with E-state index in [0.29, 0.717) is 11.7 Å². The van der Waals surface area contributed by atoms with Crippen LogP contribution >= 0.6 is 27.3 Å². The largest absolute Gasteiger partial charge is 0.337 e. The molecule has 2 heterocycles. The zero-order valence-corrected chi connectivity index (χ0v) is 11.4. The summed E-state index contributed by atoms with van der Waals surface area (Å²) in [6.07, 6.45) is 0.